The summed E-state index contributed by atoms with van der Waals surface area (Å²) in [6, 6.07) is 9.31. The maximum atomic E-state index is 14.8. The highest BCUT2D eigenvalue weighted by atomic mass is 19.1. The van der Waals surface area contributed by atoms with Crippen LogP contribution in [-0.2, 0) is 10.4 Å². The summed E-state index contributed by atoms with van der Waals surface area (Å²) in [5, 5.41) is 18.0. The Hall–Kier alpha value is -3.73. The molecule has 3 aromatic rings. The topological polar surface area (TPSA) is 102 Å². The number of hydrogen-bond acceptors (Lipinski definition) is 6. The van der Waals surface area contributed by atoms with Gasteiger partial charge in [0.25, 0.3) is 5.56 Å². The Bertz CT molecular complexity index is 1370. The number of likely N-dealkylation sites (tertiary alicyclic amines) is 1. The Balaban J connectivity index is 1.43. The molecule has 2 aromatic heterocycles. The number of aromatic nitrogens is 3. The van der Waals surface area contributed by atoms with Crippen molar-refractivity contribution in [3.63, 3.8) is 0 Å². The maximum Gasteiger partial charge on any atom is 0.264 e. The molecule has 2 saturated heterocycles. The molecule has 2 aliphatic rings. The smallest absolute Gasteiger partial charge is 0.264 e. The first-order valence-electron chi connectivity index (χ1n) is 12.5. The van der Waals surface area contributed by atoms with Crippen LogP contribution >= 0.6 is 0 Å². The Morgan fingerprint density at radius 3 is 2.29 bits per heavy atom. The SMILES string of the molecule is C[C@@H]1CN(C(=O)[C@@H]2CN(c3ccc(=O)[nH]n3)C[C@H]2c2ncc(F)cc2F)C[C@H](C)[C@]1(O)c1ccc(F)cc1. The molecular formula is C27H28F3N5O3. The fraction of sp³-hybridized carbons (Fsp3) is 0.407. The van der Waals surface area contributed by atoms with Crippen LogP contribution in [0.1, 0.15) is 31.0 Å². The second-order valence-corrected chi connectivity index (χ2v) is 10.3. The molecule has 1 amide bonds. The maximum absolute atomic E-state index is 14.8. The minimum atomic E-state index is -1.27. The molecule has 0 saturated carbocycles. The predicted molar refractivity (Wildman–Crippen MR) is 133 cm³/mol. The number of anilines is 1. The molecule has 38 heavy (non-hydrogen) atoms. The van der Waals surface area contributed by atoms with E-state index >= 15 is 0 Å². The van der Waals surface area contributed by atoms with Crippen molar-refractivity contribution in [3.8, 4) is 0 Å². The molecule has 2 N–H and O–H groups in total. The largest absolute Gasteiger partial charge is 0.384 e. The van der Waals surface area contributed by atoms with Crippen molar-refractivity contribution < 1.29 is 23.1 Å². The highest BCUT2D eigenvalue weighted by Gasteiger charge is 2.49. The Morgan fingerprint density at radius 1 is 1.00 bits per heavy atom. The van der Waals surface area contributed by atoms with Gasteiger partial charge in [-0.3, -0.25) is 14.6 Å². The predicted octanol–water partition coefficient (Wildman–Crippen LogP) is 2.80. The lowest BCUT2D eigenvalue weighted by Gasteiger charge is -2.48. The number of carbonyl (C=O) groups is 1. The number of halogens is 3. The van der Waals surface area contributed by atoms with Gasteiger partial charge in [-0.05, 0) is 23.8 Å². The molecule has 2 aliphatic heterocycles. The Labute approximate surface area is 217 Å². The molecule has 8 nitrogen and oxygen atoms in total. The number of pyridine rings is 1. The summed E-state index contributed by atoms with van der Waals surface area (Å²) in [5.74, 6) is -4.06. The second-order valence-electron chi connectivity index (χ2n) is 10.3. The summed E-state index contributed by atoms with van der Waals surface area (Å²) < 4.78 is 41.9. The summed E-state index contributed by atoms with van der Waals surface area (Å²) in [6.07, 6.45) is 0.925. The van der Waals surface area contributed by atoms with E-state index in [1.165, 1.54) is 24.3 Å². The van der Waals surface area contributed by atoms with Crippen molar-refractivity contribution in [1.29, 1.82) is 0 Å². The molecule has 1 aromatic carbocycles. The van der Waals surface area contributed by atoms with Crippen molar-refractivity contribution in [2.24, 2.45) is 17.8 Å². The van der Waals surface area contributed by atoms with E-state index in [-0.39, 0.29) is 55.2 Å². The standard InChI is InChI=1S/C27H28F3N5O3/c1-15-11-35(12-16(2)27(15,38)17-3-5-18(28)6-4-17)26(37)21-14-34(23-7-8-24(36)33-32-23)13-20(21)25-22(30)9-19(29)10-31-25/h3-10,15-16,20-21,38H,11-14H2,1-2H3,(H,33,36)/t15-,16+,20-,21-,27+/m1/s1. The first-order valence-corrected chi connectivity index (χ1v) is 12.5. The van der Waals surface area contributed by atoms with Crippen LogP contribution in [0.4, 0.5) is 19.0 Å². The number of hydrogen-bond donors (Lipinski definition) is 2. The van der Waals surface area contributed by atoms with Crippen LogP contribution in [0.2, 0.25) is 0 Å². The van der Waals surface area contributed by atoms with Gasteiger partial charge < -0.3 is 14.9 Å². The average Bonchev–Trinajstić information content (AvgIpc) is 3.32. The van der Waals surface area contributed by atoms with E-state index in [4.69, 9.17) is 0 Å². The molecule has 5 atom stereocenters. The van der Waals surface area contributed by atoms with E-state index in [0.717, 1.165) is 12.3 Å². The summed E-state index contributed by atoms with van der Waals surface area (Å²) in [6.45, 7) is 4.51. The first-order chi connectivity index (χ1) is 18.1. The van der Waals surface area contributed by atoms with E-state index in [2.05, 4.69) is 15.2 Å². The number of H-pyrrole nitrogens is 1. The monoisotopic (exact) mass is 527 g/mol. The molecule has 4 heterocycles. The molecule has 0 spiro atoms. The molecule has 11 heteroatoms. The molecule has 0 radical (unpaired) electrons. The van der Waals surface area contributed by atoms with E-state index in [0.29, 0.717) is 11.4 Å². The molecule has 200 valence electrons. The van der Waals surface area contributed by atoms with Crippen molar-refractivity contribution in [2.45, 2.75) is 25.4 Å². The van der Waals surface area contributed by atoms with Crippen molar-refractivity contribution >= 4 is 11.7 Å². The third kappa shape index (κ3) is 4.55. The van der Waals surface area contributed by atoms with Crippen molar-refractivity contribution in [3.05, 3.63) is 87.7 Å². The van der Waals surface area contributed by atoms with Gasteiger partial charge in [-0.25, -0.2) is 18.3 Å². The normalized spacial score (nSPS) is 27.5. The highest BCUT2D eigenvalue weighted by molar-refractivity contribution is 5.81. The van der Waals surface area contributed by atoms with Gasteiger partial charge in [0.15, 0.2) is 0 Å². The van der Waals surface area contributed by atoms with E-state index in [1.54, 1.807) is 21.9 Å². The Kier molecular flexibility index (Phi) is 6.72. The van der Waals surface area contributed by atoms with Crippen molar-refractivity contribution in [2.75, 3.05) is 31.1 Å². The van der Waals surface area contributed by atoms with Crippen LogP contribution in [0, 0.1) is 35.2 Å². The third-order valence-corrected chi connectivity index (χ3v) is 7.92. The average molecular weight is 528 g/mol. The van der Waals surface area contributed by atoms with Crippen LogP contribution in [-0.4, -0.2) is 57.3 Å². The van der Waals surface area contributed by atoms with Gasteiger partial charge in [-0.2, -0.15) is 5.10 Å². The number of rotatable bonds is 4. The second kappa shape index (κ2) is 9.86. The number of aromatic amines is 1. The summed E-state index contributed by atoms with van der Waals surface area (Å²) >= 11 is 0. The third-order valence-electron chi connectivity index (χ3n) is 7.92. The molecular weight excluding hydrogens is 499 g/mol. The molecule has 5 rings (SSSR count). The zero-order valence-electron chi connectivity index (χ0n) is 20.9. The van der Waals surface area contributed by atoms with Crippen LogP contribution in [0.3, 0.4) is 0 Å². The first kappa shape index (κ1) is 25.9. The fourth-order valence-corrected chi connectivity index (χ4v) is 5.93. The number of carbonyl (C=O) groups excluding carboxylic acids is 1. The van der Waals surface area contributed by atoms with Crippen molar-refractivity contribution in [1.82, 2.24) is 20.1 Å². The van der Waals surface area contributed by atoms with Gasteiger partial charge in [0.05, 0.1) is 23.4 Å². The van der Waals surface area contributed by atoms with Gasteiger partial charge in [0, 0.05) is 56.1 Å². The fourth-order valence-electron chi connectivity index (χ4n) is 5.93. The molecule has 0 bridgehead atoms. The van der Waals surface area contributed by atoms with E-state index in [1.807, 2.05) is 13.8 Å². The minimum Gasteiger partial charge on any atom is -0.384 e. The number of benzene rings is 1. The summed E-state index contributed by atoms with van der Waals surface area (Å²) in [7, 11) is 0. The number of piperidine rings is 1. The van der Waals surface area contributed by atoms with E-state index in [9.17, 15) is 27.9 Å². The van der Waals surface area contributed by atoms with Gasteiger partial charge in [-0.15, -0.1) is 0 Å². The van der Waals surface area contributed by atoms with Crippen LogP contribution < -0.4 is 10.5 Å². The molecule has 0 aliphatic carbocycles. The zero-order chi connectivity index (χ0) is 27.2. The van der Waals surface area contributed by atoms with Crippen LogP contribution in [0.25, 0.3) is 0 Å². The molecule has 0 unspecified atom stereocenters. The zero-order valence-corrected chi connectivity index (χ0v) is 20.9. The lowest BCUT2D eigenvalue weighted by atomic mass is 9.70. The quantitative estimate of drug-likeness (QED) is 0.541. The number of nitrogens with zero attached hydrogens (tertiary/aromatic N) is 4. The number of aliphatic hydroxyl groups is 1. The number of nitrogens with one attached hydrogen (secondary N) is 1. The van der Waals surface area contributed by atoms with Crippen LogP contribution in [0.15, 0.2) is 53.5 Å². The van der Waals surface area contributed by atoms with Gasteiger partial charge in [0.2, 0.25) is 5.91 Å². The lowest BCUT2D eigenvalue weighted by Crippen LogP contribution is -2.57. The number of amides is 1. The summed E-state index contributed by atoms with van der Waals surface area (Å²) in [4.78, 5) is 32.8. The van der Waals surface area contributed by atoms with E-state index < -0.39 is 34.9 Å². The minimum absolute atomic E-state index is 0.0161. The molecule has 2 fully saturated rings. The lowest BCUT2D eigenvalue weighted by molar-refractivity contribution is -0.152. The summed E-state index contributed by atoms with van der Waals surface area (Å²) in [5.41, 5.74) is -1.08. The Morgan fingerprint density at radius 2 is 1.68 bits per heavy atom. The van der Waals surface area contributed by atoms with Gasteiger partial charge in [0.1, 0.15) is 23.3 Å². The van der Waals surface area contributed by atoms with Gasteiger partial charge >= 0.3 is 0 Å². The van der Waals surface area contributed by atoms with Gasteiger partial charge in [-0.1, -0.05) is 26.0 Å². The van der Waals surface area contributed by atoms with Crippen LogP contribution in [0.5, 0.6) is 0 Å². The highest BCUT2D eigenvalue weighted by Crippen LogP contribution is 2.43.